The van der Waals surface area contributed by atoms with Gasteiger partial charge in [0.25, 0.3) is 0 Å². The molecule has 0 aromatic heterocycles. The van der Waals surface area contributed by atoms with Crippen molar-refractivity contribution in [3.8, 4) is 0 Å². The van der Waals surface area contributed by atoms with Crippen molar-refractivity contribution in [2.24, 2.45) is 0 Å². The van der Waals surface area contributed by atoms with Crippen LogP contribution in [0.5, 0.6) is 0 Å². The van der Waals surface area contributed by atoms with Crippen LogP contribution in [0.2, 0.25) is 0 Å². The van der Waals surface area contributed by atoms with Crippen molar-refractivity contribution in [1.29, 1.82) is 0 Å². The zero-order chi connectivity index (χ0) is 11.5. The maximum atomic E-state index is 12.0. The van der Waals surface area contributed by atoms with Gasteiger partial charge in [-0.2, -0.15) is 0 Å². The highest BCUT2D eigenvalue weighted by atomic mass is 16.6. The van der Waals surface area contributed by atoms with Crippen LogP contribution >= 0.6 is 0 Å². The fraction of sp³-hybridized carbons (Fsp3) is 0.909. The highest BCUT2D eigenvalue weighted by Crippen LogP contribution is 2.20. The van der Waals surface area contributed by atoms with E-state index in [9.17, 15) is 4.79 Å². The molecule has 88 valence electrons. The summed E-state index contributed by atoms with van der Waals surface area (Å²) < 4.78 is 5.43. The number of likely N-dealkylation sites (N-methyl/N-ethyl adjacent to an activating group) is 1. The summed E-state index contributed by atoms with van der Waals surface area (Å²) in [6, 6.07) is 0. The normalized spacial score (nSPS) is 27.5. The zero-order valence-electron chi connectivity index (χ0n) is 10.1. The number of carbonyl (C=O) groups is 1. The number of esters is 1. The molecular weight excluding hydrogens is 192 g/mol. The summed E-state index contributed by atoms with van der Waals surface area (Å²) in [6.45, 7) is 7.31. The Morgan fingerprint density at radius 1 is 1.47 bits per heavy atom. The Morgan fingerprint density at radius 2 is 2.13 bits per heavy atom. The van der Waals surface area contributed by atoms with Crippen molar-refractivity contribution in [3.05, 3.63) is 0 Å². The van der Waals surface area contributed by atoms with Crippen LogP contribution in [0.3, 0.4) is 0 Å². The first-order valence-corrected chi connectivity index (χ1v) is 5.53. The van der Waals surface area contributed by atoms with E-state index in [0.29, 0.717) is 6.54 Å². The minimum Gasteiger partial charge on any atom is -0.459 e. The second-order valence-electron chi connectivity index (χ2n) is 5.11. The van der Waals surface area contributed by atoms with Gasteiger partial charge in [-0.3, -0.25) is 0 Å². The average molecular weight is 214 g/mol. The van der Waals surface area contributed by atoms with E-state index in [1.165, 1.54) is 0 Å². The van der Waals surface area contributed by atoms with Crippen LogP contribution < -0.4 is 10.6 Å². The first-order chi connectivity index (χ1) is 6.90. The van der Waals surface area contributed by atoms with Gasteiger partial charge in [-0.05, 0) is 47.2 Å². The molecule has 15 heavy (non-hydrogen) atoms. The molecule has 4 heteroatoms. The van der Waals surface area contributed by atoms with Gasteiger partial charge in [0.2, 0.25) is 0 Å². The molecule has 1 atom stereocenters. The molecular formula is C11H22N2O2. The Hall–Kier alpha value is -0.610. The molecule has 1 saturated heterocycles. The van der Waals surface area contributed by atoms with E-state index in [4.69, 9.17) is 4.74 Å². The van der Waals surface area contributed by atoms with Crippen LogP contribution in [0.15, 0.2) is 0 Å². The molecule has 2 N–H and O–H groups in total. The predicted molar refractivity (Wildman–Crippen MR) is 59.7 cm³/mol. The quantitative estimate of drug-likeness (QED) is 0.663. The van der Waals surface area contributed by atoms with E-state index >= 15 is 0 Å². The smallest absolute Gasteiger partial charge is 0.328 e. The molecule has 0 bridgehead atoms. The number of rotatable bonds is 2. The molecule has 0 aromatic rings. The van der Waals surface area contributed by atoms with Crippen LogP contribution in [-0.4, -0.2) is 37.2 Å². The molecule has 1 fully saturated rings. The van der Waals surface area contributed by atoms with E-state index in [0.717, 1.165) is 19.4 Å². The van der Waals surface area contributed by atoms with Crippen molar-refractivity contribution in [1.82, 2.24) is 10.6 Å². The molecule has 0 unspecified atom stereocenters. The minimum absolute atomic E-state index is 0.148. The second kappa shape index (κ2) is 4.49. The topological polar surface area (TPSA) is 50.4 Å². The molecule has 0 spiro atoms. The van der Waals surface area contributed by atoms with Crippen molar-refractivity contribution in [2.75, 3.05) is 20.1 Å². The Morgan fingerprint density at radius 3 is 2.53 bits per heavy atom. The van der Waals surface area contributed by atoms with Gasteiger partial charge in [0.1, 0.15) is 11.1 Å². The number of carbonyl (C=O) groups excluding carboxylic acids is 1. The number of nitrogens with one attached hydrogen (secondary N) is 2. The molecule has 4 nitrogen and oxygen atoms in total. The van der Waals surface area contributed by atoms with Crippen molar-refractivity contribution < 1.29 is 9.53 Å². The summed E-state index contributed by atoms with van der Waals surface area (Å²) >= 11 is 0. The van der Waals surface area contributed by atoms with E-state index in [1.54, 1.807) is 0 Å². The molecule has 1 rings (SSSR count). The maximum absolute atomic E-state index is 12.0. The highest BCUT2D eigenvalue weighted by Gasteiger charge is 2.41. The summed E-state index contributed by atoms with van der Waals surface area (Å²) in [7, 11) is 1.82. The fourth-order valence-corrected chi connectivity index (χ4v) is 1.77. The second-order valence-corrected chi connectivity index (χ2v) is 5.11. The first-order valence-electron chi connectivity index (χ1n) is 5.53. The van der Waals surface area contributed by atoms with Crippen LogP contribution in [0.1, 0.15) is 33.6 Å². The molecule has 0 amide bonds. The monoisotopic (exact) mass is 214 g/mol. The number of hydrogen-bond acceptors (Lipinski definition) is 4. The Kier molecular flexibility index (Phi) is 3.73. The fourth-order valence-electron chi connectivity index (χ4n) is 1.77. The molecule has 1 aliphatic heterocycles. The molecule has 0 aromatic carbocycles. The van der Waals surface area contributed by atoms with Crippen molar-refractivity contribution in [2.45, 2.75) is 44.8 Å². The lowest BCUT2D eigenvalue weighted by atomic mass is 9.90. The maximum Gasteiger partial charge on any atom is 0.328 e. The molecule has 0 saturated carbocycles. The molecule has 0 radical (unpaired) electrons. The van der Waals surface area contributed by atoms with Gasteiger partial charge < -0.3 is 15.4 Å². The third-order valence-electron chi connectivity index (χ3n) is 2.65. The summed E-state index contributed by atoms with van der Waals surface area (Å²) in [4.78, 5) is 12.0. The van der Waals surface area contributed by atoms with Gasteiger partial charge in [0.15, 0.2) is 0 Å². The summed E-state index contributed by atoms with van der Waals surface area (Å²) in [5.74, 6) is -0.148. The van der Waals surface area contributed by atoms with Gasteiger partial charge in [0, 0.05) is 6.54 Å². The Balaban J connectivity index is 2.68. The predicted octanol–water partition coefficient (Wildman–Crippen LogP) is 0.670. The standard InChI is InChI=1S/C11H22N2O2/c1-10(2,3)15-9(14)11(12-4)6-5-7-13-8-11/h12-13H,5-8H2,1-4H3/t11-/m1/s1. The molecule has 1 heterocycles. The van der Waals surface area contributed by atoms with Crippen molar-refractivity contribution >= 4 is 5.97 Å². The third-order valence-corrected chi connectivity index (χ3v) is 2.65. The summed E-state index contributed by atoms with van der Waals surface area (Å²) in [5, 5.41) is 6.33. The van der Waals surface area contributed by atoms with Gasteiger partial charge in [-0.1, -0.05) is 0 Å². The summed E-state index contributed by atoms with van der Waals surface area (Å²) in [6.07, 6.45) is 1.84. The minimum atomic E-state index is -0.536. The largest absolute Gasteiger partial charge is 0.459 e. The van der Waals surface area contributed by atoms with Gasteiger partial charge >= 0.3 is 5.97 Å². The summed E-state index contributed by atoms with van der Waals surface area (Å²) in [5.41, 5.74) is -0.954. The zero-order valence-corrected chi connectivity index (χ0v) is 10.1. The number of piperidine rings is 1. The Labute approximate surface area is 91.8 Å². The van der Waals surface area contributed by atoms with Crippen molar-refractivity contribution in [3.63, 3.8) is 0 Å². The van der Waals surface area contributed by atoms with E-state index in [1.807, 2.05) is 27.8 Å². The third kappa shape index (κ3) is 3.18. The number of ether oxygens (including phenoxy) is 1. The average Bonchev–Trinajstić information content (AvgIpc) is 2.16. The number of hydrogen-bond donors (Lipinski definition) is 2. The molecule has 0 aliphatic carbocycles. The van der Waals surface area contributed by atoms with Gasteiger partial charge in [0.05, 0.1) is 0 Å². The highest BCUT2D eigenvalue weighted by molar-refractivity contribution is 5.81. The lowest BCUT2D eigenvalue weighted by Crippen LogP contribution is -2.61. The Bertz CT molecular complexity index is 227. The van der Waals surface area contributed by atoms with Crippen LogP contribution in [0.4, 0.5) is 0 Å². The lowest BCUT2D eigenvalue weighted by molar-refractivity contribution is -0.163. The van der Waals surface area contributed by atoms with E-state index < -0.39 is 11.1 Å². The van der Waals surface area contributed by atoms with Gasteiger partial charge in [-0.15, -0.1) is 0 Å². The van der Waals surface area contributed by atoms with Gasteiger partial charge in [-0.25, -0.2) is 4.79 Å². The SMILES string of the molecule is CN[C@]1(C(=O)OC(C)(C)C)CCCNC1. The van der Waals surface area contributed by atoms with Crippen LogP contribution in [0.25, 0.3) is 0 Å². The van der Waals surface area contributed by atoms with Crippen LogP contribution in [0, 0.1) is 0 Å². The first kappa shape index (κ1) is 12.5. The lowest BCUT2D eigenvalue weighted by Gasteiger charge is -2.37. The van der Waals surface area contributed by atoms with Crippen LogP contribution in [-0.2, 0) is 9.53 Å². The molecule has 1 aliphatic rings. The van der Waals surface area contributed by atoms with E-state index in [2.05, 4.69) is 10.6 Å². The van der Waals surface area contributed by atoms with E-state index in [-0.39, 0.29) is 5.97 Å².